The van der Waals surface area contributed by atoms with Crippen LogP contribution in [0.2, 0.25) is 0 Å². The van der Waals surface area contributed by atoms with Gasteiger partial charge in [0.25, 0.3) is 11.5 Å². The molecule has 0 bridgehead atoms. The lowest BCUT2D eigenvalue weighted by molar-refractivity contribution is -0.139. The number of carbonyl (C=O) groups is 5. The highest BCUT2D eigenvalue weighted by molar-refractivity contribution is 7.80. The second-order valence-corrected chi connectivity index (χ2v) is 20.0. The lowest BCUT2D eigenvalue weighted by atomic mass is 10.1. The Morgan fingerprint density at radius 2 is 1.62 bits per heavy atom. The topological polar surface area (TPSA) is 294 Å². The number of thiol groups is 1. The number of aliphatic carboxylic acids is 1. The zero-order chi connectivity index (χ0) is 54.8. The van der Waals surface area contributed by atoms with E-state index in [4.69, 9.17) is 34.4 Å². The van der Waals surface area contributed by atoms with Crippen LogP contribution >= 0.6 is 24.0 Å². The molecule has 4 heterocycles. The number of aryl methyl sites for hydroxylation is 2. The first kappa shape index (κ1) is 58.4. The molecule has 0 fully saturated rings. The minimum absolute atomic E-state index is 0.0184. The van der Waals surface area contributed by atoms with E-state index in [-0.39, 0.29) is 62.0 Å². The van der Waals surface area contributed by atoms with Gasteiger partial charge in [-0.3, -0.25) is 19.2 Å². The number of fused-ring (bicyclic) bond motifs is 4. The van der Waals surface area contributed by atoms with Gasteiger partial charge >= 0.3 is 12.1 Å². The zero-order valence-corrected chi connectivity index (χ0v) is 45.2. The number of rotatable bonds is 31. The van der Waals surface area contributed by atoms with Gasteiger partial charge in [0.15, 0.2) is 5.82 Å². The van der Waals surface area contributed by atoms with E-state index in [2.05, 4.69) is 55.0 Å². The van der Waals surface area contributed by atoms with Crippen molar-refractivity contribution in [2.45, 2.75) is 97.0 Å². The minimum Gasteiger partial charge on any atom is -0.480 e. The maximum absolute atomic E-state index is 13.1. The van der Waals surface area contributed by atoms with Crippen molar-refractivity contribution in [2.24, 2.45) is 0 Å². The number of thiophene rings is 1. The number of pyridine rings is 1. The second kappa shape index (κ2) is 28.3. The summed E-state index contributed by atoms with van der Waals surface area (Å²) in [5.41, 5.74) is 8.87. The number of benzene rings is 2. The number of nitrogens with two attached hydrogens (primary N) is 1. The predicted molar refractivity (Wildman–Crippen MR) is 292 cm³/mol. The molecule has 6 rings (SSSR count). The molecule has 2 atom stereocenters. The molecule has 1 unspecified atom stereocenters. The molecule has 0 aliphatic heterocycles. The van der Waals surface area contributed by atoms with E-state index in [9.17, 15) is 33.9 Å². The molecular formula is C52H68N10O12S2. The Morgan fingerprint density at radius 3 is 2.36 bits per heavy atom. The number of hydrogen-bond donors (Lipinski definition) is 7. The van der Waals surface area contributed by atoms with Gasteiger partial charge in [-0.15, -0.1) is 11.3 Å². The van der Waals surface area contributed by atoms with Crippen molar-refractivity contribution in [3.05, 3.63) is 87.0 Å². The molecule has 0 aliphatic rings. The summed E-state index contributed by atoms with van der Waals surface area (Å²) in [4.78, 5) is 94.5. The van der Waals surface area contributed by atoms with Crippen LogP contribution in [0.5, 0.6) is 0 Å². The van der Waals surface area contributed by atoms with E-state index in [0.29, 0.717) is 67.4 Å². The lowest BCUT2D eigenvalue weighted by Gasteiger charge is -2.26. The van der Waals surface area contributed by atoms with E-state index in [1.54, 1.807) is 31.2 Å². The van der Waals surface area contributed by atoms with Crippen LogP contribution in [-0.2, 0) is 57.6 Å². The van der Waals surface area contributed by atoms with Gasteiger partial charge in [-0.05, 0) is 69.5 Å². The van der Waals surface area contributed by atoms with Gasteiger partial charge in [0.05, 0.1) is 78.0 Å². The molecule has 0 spiro atoms. The lowest BCUT2D eigenvalue weighted by Crippen LogP contribution is -2.49. The van der Waals surface area contributed by atoms with Crippen molar-refractivity contribution >= 4 is 97.5 Å². The number of carboxylic acid groups (broad SMARTS) is 1. The van der Waals surface area contributed by atoms with Crippen LogP contribution < -0.4 is 32.1 Å². The Labute approximate surface area is 449 Å². The molecule has 0 radical (unpaired) electrons. The summed E-state index contributed by atoms with van der Waals surface area (Å²) < 4.78 is 29.9. The van der Waals surface area contributed by atoms with E-state index in [1.807, 2.05) is 56.1 Å². The fourth-order valence-electron chi connectivity index (χ4n) is 8.13. The quantitative estimate of drug-likeness (QED) is 0.0165. The van der Waals surface area contributed by atoms with Crippen LogP contribution in [-0.4, -0.2) is 143 Å². The van der Waals surface area contributed by atoms with Crippen molar-refractivity contribution in [3.8, 4) is 0 Å². The van der Waals surface area contributed by atoms with Gasteiger partial charge in [0.1, 0.15) is 34.9 Å². The average molecular weight is 1090 g/mol. The Hall–Kier alpha value is -6.86. The number of carboxylic acids is 1. The van der Waals surface area contributed by atoms with E-state index < -0.39 is 47.5 Å². The molecule has 3 amide bonds. The number of hydrogen-bond acceptors (Lipinski definition) is 18. The van der Waals surface area contributed by atoms with Crippen LogP contribution in [0.4, 0.5) is 15.6 Å². The fourth-order valence-corrected chi connectivity index (χ4v) is 9.25. The molecule has 7 N–H and O–H groups in total. The van der Waals surface area contributed by atoms with Crippen LogP contribution in [0.15, 0.2) is 59.4 Å². The van der Waals surface area contributed by atoms with Gasteiger partial charge < -0.3 is 64.9 Å². The summed E-state index contributed by atoms with van der Waals surface area (Å²) in [6.45, 7) is 10.2. The van der Waals surface area contributed by atoms with Gasteiger partial charge in [0, 0.05) is 57.1 Å². The number of imidazole rings is 1. The number of ether oxygens (including phenoxy) is 5. The molecular weight excluding hydrogens is 1020 g/mol. The summed E-state index contributed by atoms with van der Waals surface area (Å²) in [6, 6.07) is 14.1. The summed E-state index contributed by atoms with van der Waals surface area (Å²) >= 11 is 5.35. The van der Waals surface area contributed by atoms with Crippen molar-refractivity contribution < 1.29 is 52.8 Å². The number of anilines is 2. The van der Waals surface area contributed by atoms with E-state index in [1.165, 1.54) is 0 Å². The molecule has 76 heavy (non-hydrogen) atoms. The Bertz CT molecular complexity index is 3020. The summed E-state index contributed by atoms with van der Waals surface area (Å²) in [5.74, 6) is -1.31. The molecule has 0 saturated carbocycles. The standard InChI is InChI=1S/C52H68N10O12S2/c1-6-7-13-41-60-44-45(34-11-8-9-12-36(34)58-46(44)53)62(41)31-52(3,4)74-51(69)73-22-10-21-70-24-26-72-27-25-71-23-20-54-48(65)39(30-75)57-42(63)18-16-38(50(67)68)59-49(66)40-17-19-43(76-40)61(5)29-33-14-15-37-35(28-33)47(64)56-32(2)55-37/h8-9,11-12,14-15,17,19,28,38-39,75H,6-7,10,13,16,18,20-27,29-31H2,1-5H3,(H2,53,58)(H,54,65)(H,57,63)(H,59,66)(H,67,68)(H,55,56,64)/t38-,39?/m0/s1. The Morgan fingerprint density at radius 1 is 0.895 bits per heavy atom. The largest absolute Gasteiger partial charge is 0.508 e. The molecule has 410 valence electrons. The normalized spacial score (nSPS) is 12.4. The maximum atomic E-state index is 13.1. The molecule has 24 heteroatoms. The highest BCUT2D eigenvalue weighted by atomic mass is 32.1. The monoisotopic (exact) mass is 1090 g/mol. The number of nitrogen functional groups attached to an aromatic ring is 1. The van der Waals surface area contributed by atoms with Crippen molar-refractivity contribution in [2.75, 3.05) is 76.2 Å². The van der Waals surface area contributed by atoms with E-state index >= 15 is 0 Å². The number of amides is 3. The summed E-state index contributed by atoms with van der Waals surface area (Å²) in [6.07, 6.45) is 1.83. The number of aromatic amines is 1. The smallest absolute Gasteiger partial charge is 0.480 e. The van der Waals surface area contributed by atoms with E-state index in [0.717, 1.165) is 63.4 Å². The number of H-pyrrole nitrogens is 1. The minimum atomic E-state index is -1.37. The highest BCUT2D eigenvalue weighted by Crippen LogP contribution is 2.32. The first-order chi connectivity index (χ1) is 36.5. The third-order valence-corrected chi connectivity index (χ3v) is 13.4. The first-order valence-corrected chi connectivity index (χ1v) is 26.6. The third-order valence-electron chi connectivity index (χ3n) is 11.9. The van der Waals surface area contributed by atoms with Crippen LogP contribution in [0.3, 0.4) is 0 Å². The van der Waals surface area contributed by atoms with Crippen molar-refractivity contribution in [3.63, 3.8) is 0 Å². The van der Waals surface area contributed by atoms with Crippen LogP contribution in [0, 0.1) is 6.92 Å². The molecule has 0 saturated heterocycles. The Kier molecular flexibility index (Phi) is 21.8. The summed E-state index contributed by atoms with van der Waals surface area (Å²) in [5, 5.41) is 19.7. The van der Waals surface area contributed by atoms with Gasteiger partial charge in [-0.25, -0.2) is 24.5 Å². The highest BCUT2D eigenvalue weighted by Gasteiger charge is 2.29. The number of carbonyl (C=O) groups excluding carboxylic acids is 4. The molecule has 6 aromatic rings. The SMILES string of the molecule is CCCCc1nc2c(N)nc3ccccc3c2n1CC(C)(C)OC(=O)OCCCOCCOCCOCCNC(=O)C(CS)NC(=O)CC[C@H](NC(=O)c1ccc(N(C)Cc2ccc3nc(C)[nH]c(=O)c3c2)s1)C(=O)O. The van der Waals surface area contributed by atoms with Gasteiger partial charge in [-0.2, -0.15) is 12.6 Å². The molecule has 22 nitrogen and oxygen atoms in total. The molecule has 0 aliphatic carbocycles. The van der Waals surface area contributed by atoms with Crippen LogP contribution in [0.1, 0.15) is 79.8 Å². The second-order valence-electron chi connectivity index (χ2n) is 18.6. The van der Waals surface area contributed by atoms with Gasteiger partial charge in [-0.1, -0.05) is 37.6 Å². The predicted octanol–water partition coefficient (Wildman–Crippen LogP) is 5.32. The molecule has 2 aromatic carbocycles. The molecule has 4 aromatic heterocycles. The van der Waals surface area contributed by atoms with Crippen molar-refractivity contribution in [1.29, 1.82) is 0 Å². The number of nitrogens with one attached hydrogen (secondary N) is 4. The van der Waals surface area contributed by atoms with Crippen molar-refractivity contribution in [1.82, 2.24) is 40.5 Å². The maximum Gasteiger partial charge on any atom is 0.508 e. The fraction of sp³-hybridized carbons (Fsp3) is 0.481. The number of para-hydroxylation sites is 1. The number of nitrogens with zero attached hydrogens (tertiary/aromatic N) is 5. The van der Waals surface area contributed by atoms with Gasteiger partial charge in [0.2, 0.25) is 11.8 Å². The Balaban J connectivity index is 0.789. The summed E-state index contributed by atoms with van der Waals surface area (Å²) in [7, 11) is 1.83. The number of aromatic nitrogens is 5. The zero-order valence-electron chi connectivity index (χ0n) is 43.5. The first-order valence-electron chi connectivity index (χ1n) is 25.1. The average Bonchev–Trinajstić information content (AvgIpc) is 4.05. The van der Waals surface area contributed by atoms with Crippen LogP contribution in [0.25, 0.3) is 32.8 Å². The number of unbranched alkanes of at least 4 members (excludes halogenated alkanes) is 1. The third kappa shape index (κ3) is 16.8.